The number of nitrogens with one attached hydrogen (secondary N) is 2. The molecule has 8 heteroatoms. The maximum Gasteiger partial charge on any atom is 0.694 e. The molecule has 0 fully saturated rings. The third-order valence-electron chi connectivity index (χ3n) is 5.60. The maximum atomic E-state index is 14.4. The number of hydrogen-bond donors (Lipinski definition) is 3. The molecular formula is C27H35FN2O4P+. The van der Waals surface area contributed by atoms with Gasteiger partial charge in [-0.05, 0) is 85.2 Å². The molecule has 1 heterocycles. The standard InChI is InChI=1S/C27H34FN2O4P/c1-20(2)16-23-10-8-21(18-25(23)28)6-3-13-30-26-11-9-22(17-24(26)27-7-4-14-33-27)19-29-12-5-15-34-35(31)32/h4,7-11,14,17-18,20,29-30H,3,5-6,12-13,15-16,19H2,1-2H3/p+1. The first-order valence-electron chi connectivity index (χ1n) is 12.1. The number of rotatable bonds is 15. The van der Waals surface area contributed by atoms with E-state index in [2.05, 4.69) is 47.2 Å². The molecule has 0 saturated carbocycles. The molecule has 0 amide bonds. The highest BCUT2D eigenvalue weighted by molar-refractivity contribution is 7.32. The molecule has 0 bridgehead atoms. The molecule has 1 unspecified atom stereocenters. The summed E-state index contributed by atoms with van der Waals surface area (Å²) in [6.45, 7) is 6.54. The van der Waals surface area contributed by atoms with Crippen LogP contribution in [0.4, 0.5) is 10.1 Å². The average molecular weight is 502 g/mol. The van der Waals surface area contributed by atoms with Crippen LogP contribution in [0.3, 0.4) is 0 Å². The predicted molar refractivity (Wildman–Crippen MR) is 138 cm³/mol. The Morgan fingerprint density at radius 2 is 1.91 bits per heavy atom. The van der Waals surface area contributed by atoms with Crippen molar-refractivity contribution in [2.45, 2.75) is 46.1 Å². The van der Waals surface area contributed by atoms with Gasteiger partial charge in [-0.2, -0.15) is 0 Å². The second-order valence-electron chi connectivity index (χ2n) is 9.01. The summed E-state index contributed by atoms with van der Waals surface area (Å²) in [6.07, 6.45) is 4.75. The van der Waals surface area contributed by atoms with Crippen molar-refractivity contribution in [3.05, 3.63) is 77.3 Å². The molecule has 188 valence electrons. The van der Waals surface area contributed by atoms with Crippen LogP contribution in [-0.4, -0.2) is 24.6 Å². The fraction of sp³-hybridized carbons (Fsp3) is 0.407. The molecule has 0 aliphatic carbocycles. The number of anilines is 1. The lowest BCUT2D eigenvalue weighted by Crippen LogP contribution is -2.16. The highest BCUT2D eigenvalue weighted by Gasteiger charge is 2.11. The highest BCUT2D eigenvalue weighted by Crippen LogP contribution is 2.30. The number of hydrogen-bond acceptors (Lipinski definition) is 5. The molecule has 0 aliphatic heterocycles. The zero-order chi connectivity index (χ0) is 25.0. The summed E-state index contributed by atoms with van der Waals surface area (Å²) >= 11 is 0. The van der Waals surface area contributed by atoms with Crippen LogP contribution >= 0.6 is 8.25 Å². The molecule has 0 radical (unpaired) electrons. The molecule has 0 saturated heterocycles. The van der Waals surface area contributed by atoms with E-state index in [0.717, 1.165) is 59.5 Å². The monoisotopic (exact) mass is 501 g/mol. The van der Waals surface area contributed by atoms with E-state index in [1.165, 1.54) is 0 Å². The van der Waals surface area contributed by atoms with Crippen molar-refractivity contribution in [3.63, 3.8) is 0 Å². The van der Waals surface area contributed by atoms with Gasteiger partial charge in [0.1, 0.15) is 18.2 Å². The van der Waals surface area contributed by atoms with Gasteiger partial charge in [-0.3, -0.25) is 0 Å². The quantitative estimate of drug-likeness (QED) is 0.163. The van der Waals surface area contributed by atoms with Crippen LogP contribution in [0.25, 0.3) is 11.3 Å². The lowest BCUT2D eigenvalue weighted by Gasteiger charge is -2.13. The lowest BCUT2D eigenvalue weighted by atomic mass is 9.99. The molecule has 0 spiro atoms. The smallest absolute Gasteiger partial charge is 0.464 e. The van der Waals surface area contributed by atoms with Gasteiger partial charge < -0.3 is 15.1 Å². The summed E-state index contributed by atoms with van der Waals surface area (Å²) in [7, 11) is -2.53. The van der Waals surface area contributed by atoms with E-state index in [1.807, 2.05) is 24.3 Å². The van der Waals surface area contributed by atoms with E-state index in [1.54, 1.807) is 12.3 Å². The van der Waals surface area contributed by atoms with E-state index in [0.29, 0.717) is 25.4 Å². The van der Waals surface area contributed by atoms with Gasteiger partial charge >= 0.3 is 8.25 Å². The SMILES string of the molecule is CC(C)Cc1ccc(CCCNc2ccc(CNCCCO[P+](=O)O)cc2-c2ccco2)cc1F. The average Bonchev–Trinajstić information content (AvgIpc) is 3.35. The van der Waals surface area contributed by atoms with Crippen LogP contribution in [-0.2, 0) is 28.5 Å². The molecular weight excluding hydrogens is 466 g/mol. The van der Waals surface area contributed by atoms with Crippen molar-refractivity contribution in [1.29, 1.82) is 0 Å². The lowest BCUT2D eigenvalue weighted by molar-refractivity contribution is 0.276. The van der Waals surface area contributed by atoms with Gasteiger partial charge in [0, 0.05) is 28.9 Å². The van der Waals surface area contributed by atoms with Crippen molar-refractivity contribution in [3.8, 4) is 11.3 Å². The molecule has 2 aromatic carbocycles. The normalized spacial score (nSPS) is 11.7. The highest BCUT2D eigenvalue weighted by atomic mass is 31.1. The summed E-state index contributed by atoms with van der Waals surface area (Å²) in [5.41, 5.74) is 4.88. The van der Waals surface area contributed by atoms with Crippen molar-refractivity contribution in [2.24, 2.45) is 5.92 Å². The van der Waals surface area contributed by atoms with Gasteiger partial charge in [0.25, 0.3) is 0 Å². The second kappa shape index (κ2) is 14.1. The Morgan fingerprint density at radius 1 is 1.09 bits per heavy atom. The minimum atomic E-state index is -2.53. The van der Waals surface area contributed by atoms with Gasteiger partial charge in [0.2, 0.25) is 0 Å². The molecule has 1 aromatic heterocycles. The van der Waals surface area contributed by atoms with Crippen LogP contribution in [0.1, 0.15) is 43.4 Å². The van der Waals surface area contributed by atoms with E-state index in [-0.39, 0.29) is 12.4 Å². The Hall–Kier alpha value is -2.57. The third-order valence-corrected chi connectivity index (χ3v) is 6.01. The first kappa shape index (κ1) is 27.0. The van der Waals surface area contributed by atoms with E-state index >= 15 is 0 Å². The van der Waals surface area contributed by atoms with E-state index in [4.69, 9.17) is 9.31 Å². The summed E-state index contributed by atoms with van der Waals surface area (Å²) in [5.74, 6) is 1.12. The zero-order valence-electron chi connectivity index (χ0n) is 20.4. The fourth-order valence-electron chi connectivity index (χ4n) is 3.93. The van der Waals surface area contributed by atoms with Gasteiger partial charge in [0.05, 0.1) is 6.26 Å². The summed E-state index contributed by atoms with van der Waals surface area (Å²) in [5, 5.41) is 6.82. The minimum absolute atomic E-state index is 0.107. The van der Waals surface area contributed by atoms with Gasteiger partial charge in [-0.1, -0.05) is 32.0 Å². The molecule has 0 aliphatic rings. The van der Waals surface area contributed by atoms with Crippen molar-refractivity contribution >= 4 is 13.9 Å². The Kier molecular flexibility index (Phi) is 10.9. The van der Waals surface area contributed by atoms with Crippen molar-refractivity contribution < 1.29 is 22.8 Å². The van der Waals surface area contributed by atoms with E-state index < -0.39 is 8.25 Å². The van der Waals surface area contributed by atoms with Crippen LogP contribution in [0.2, 0.25) is 0 Å². The molecule has 3 N–H and O–H groups in total. The Labute approximate surface area is 207 Å². The minimum Gasteiger partial charge on any atom is -0.464 e. The Bertz CT molecular complexity index is 1070. The maximum absolute atomic E-state index is 14.4. The zero-order valence-corrected chi connectivity index (χ0v) is 21.3. The van der Waals surface area contributed by atoms with Crippen molar-refractivity contribution in [2.75, 3.05) is 25.0 Å². The number of aryl methyl sites for hydroxylation is 1. The van der Waals surface area contributed by atoms with Crippen LogP contribution in [0.15, 0.2) is 59.2 Å². The van der Waals surface area contributed by atoms with Crippen LogP contribution in [0, 0.1) is 11.7 Å². The summed E-state index contributed by atoms with van der Waals surface area (Å²) < 4.78 is 35.2. The molecule has 6 nitrogen and oxygen atoms in total. The summed E-state index contributed by atoms with van der Waals surface area (Å²) in [6, 6.07) is 15.6. The van der Waals surface area contributed by atoms with Gasteiger partial charge in [-0.25, -0.2) is 4.39 Å². The fourth-order valence-corrected chi connectivity index (χ4v) is 4.22. The Morgan fingerprint density at radius 3 is 2.63 bits per heavy atom. The van der Waals surface area contributed by atoms with Crippen LogP contribution < -0.4 is 10.6 Å². The molecule has 35 heavy (non-hydrogen) atoms. The first-order valence-corrected chi connectivity index (χ1v) is 13.2. The molecule has 1 atom stereocenters. The topological polar surface area (TPSA) is 83.7 Å². The van der Waals surface area contributed by atoms with E-state index in [9.17, 15) is 8.96 Å². The molecule has 3 aromatic rings. The van der Waals surface area contributed by atoms with Crippen LogP contribution in [0.5, 0.6) is 0 Å². The van der Waals surface area contributed by atoms with Gasteiger partial charge in [0.15, 0.2) is 0 Å². The van der Waals surface area contributed by atoms with Gasteiger partial charge in [-0.15, -0.1) is 9.42 Å². The number of halogens is 1. The largest absolute Gasteiger partial charge is 0.694 e. The Balaban J connectivity index is 1.53. The second-order valence-corrected chi connectivity index (χ2v) is 9.75. The number of furan rings is 1. The first-order chi connectivity index (χ1) is 16.9. The summed E-state index contributed by atoms with van der Waals surface area (Å²) in [4.78, 5) is 8.65. The predicted octanol–water partition coefficient (Wildman–Crippen LogP) is 6.47. The van der Waals surface area contributed by atoms with Crippen molar-refractivity contribution in [1.82, 2.24) is 5.32 Å². The third kappa shape index (κ3) is 9.19. The number of benzene rings is 2. The molecule has 3 rings (SSSR count).